The maximum absolute atomic E-state index is 11.9. The molecule has 1 atom stereocenters. The molecule has 0 aliphatic carbocycles. The van der Waals surface area contributed by atoms with Gasteiger partial charge in [-0.1, -0.05) is 12.1 Å². The van der Waals surface area contributed by atoms with Crippen LogP contribution in [0.1, 0.15) is 22.3 Å². The smallest absolute Gasteiger partial charge is 0.248 e. The summed E-state index contributed by atoms with van der Waals surface area (Å²) in [4.78, 5) is 13.7. The molecule has 0 bridgehead atoms. The molecule has 0 aromatic heterocycles. The predicted octanol–water partition coefficient (Wildman–Crippen LogP) is 1.30. The molecule has 1 aromatic rings. The van der Waals surface area contributed by atoms with E-state index in [4.69, 9.17) is 10.5 Å². The molecule has 4 heteroatoms. The lowest BCUT2D eigenvalue weighted by molar-refractivity contribution is -0.149. The standard InChI is InChI=1S/C15H22N2O2/c1-10-4-12(3)13(5-11(10)2)7-17-8-14(6-16)19-9-15(17)18/h4-5,14H,6-9,16H2,1-3H3. The molecule has 0 radical (unpaired) electrons. The van der Waals surface area contributed by atoms with Crippen LogP contribution in [0, 0.1) is 20.8 Å². The zero-order valence-corrected chi connectivity index (χ0v) is 11.9. The van der Waals surface area contributed by atoms with Crippen molar-refractivity contribution < 1.29 is 9.53 Å². The van der Waals surface area contributed by atoms with Gasteiger partial charge in [0, 0.05) is 19.6 Å². The largest absolute Gasteiger partial charge is 0.365 e. The number of carbonyl (C=O) groups is 1. The van der Waals surface area contributed by atoms with Gasteiger partial charge in [-0.25, -0.2) is 0 Å². The highest BCUT2D eigenvalue weighted by Crippen LogP contribution is 2.18. The van der Waals surface area contributed by atoms with Crippen LogP contribution in [-0.4, -0.2) is 36.6 Å². The number of rotatable bonds is 3. The van der Waals surface area contributed by atoms with Crippen LogP contribution in [0.2, 0.25) is 0 Å². The summed E-state index contributed by atoms with van der Waals surface area (Å²) in [6, 6.07) is 4.35. The number of aryl methyl sites for hydroxylation is 3. The Kier molecular flexibility index (Phi) is 4.22. The molecule has 1 aliphatic heterocycles. The maximum atomic E-state index is 11.9. The average molecular weight is 262 g/mol. The number of nitrogens with zero attached hydrogens (tertiary/aromatic N) is 1. The molecular formula is C15H22N2O2. The van der Waals surface area contributed by atoms with Gasteiger partial charge < -0.3 is 15.4 Å². The van der Waals surface area contributed by atoms with Crippen molar-refractivity contribution in [3.8, 4) is 0 Å². The lowest BCUT2D eigenvalue weighted by Crippen LogP contribution is -2.48. The predicted molar refractivity (Wildman–Crippen MR) is 74.9 cm³/mol. The summed E-state index contributed by atoms with van der Waals surface area (Å²) < 4.78 is 5.36. The van der Waals surface area contributed by atoms with Gasteiger partial charge in [-0.3, -0.25) is 4.79 Å². The lowest BCUT2D eigenvalue weighted by Gasteiger charge is -2.32. The maximum Gasteiger partial charge on any atom is 0.248 e. The van der Waals surface area contributed by atoms with E-state index >= 15 is 0 Å². The average Bonchev–Trinajstić information content (AvgIpc) is 2.38. The lowest BCUT2D eigenvalue weighted by atomic mass is 10.0. The Morgan fingerprint density at radius 2 is 1.95 bits per heavy atom. The normalized spacial score (nSPS) is 19.9. The zero-order chi connectivity index (χ0) is 14.0. The van der Waals surface area contributed by atoms with Gasteiger partial charge in [0.1, 0.15) is 6.61 Å². The number of carbonyl (C=O) groups excluding carboxylic acids is 1. The first-order valence-corrected chi connectivity index (χ1v) is 6.67. The Morgan fingerprint density at radius 3 is 2.63 bits per heavy atom. The third-order valence-corrected chi connectivity index (χ3v) is 3.80. The SMILES string of the molecule is Cc1cc(C)c(CN2CC(CN)OCC2=O)cc1C. The summed E-state index contributed by atoms with van der Waals surface area (Å²) in [6.45, 7) is 8.13. The van der Waals surface area contributed by atoms with E-state index in [2.05, 4.69) is 32.9 Å². The van der Waals surface area contributed by atoms with Gasteiger partial charge in [0.25, 0.3) is 0 Å². The zero-order valence-electron chi connectivity index (χ0n) is 11.9. The molecule has 19 heavy (non-hydrogen) atoms. The van der Waals surface area contributed by atoms with Crippen molar-refractivity contribution in [2.75, 3.05) is 19.7 Å². The number of hydrogen-bond acceptors (Lipinski definition) is 3. The van der Waals surface area contributed by atoms with Crippen LogP contribution in [0.5, 0.6) is 0 Å². The molecule has 1 aromatic carbocycles. The molecule has 0 spiro atoms. The molecule has 4 nitrogen and oxygen atoms in total. The first-order valence-electron chi connectivity index (χ1n) is 6.67. The van der Waals surface area contributed by atoms with Gasteiger partial charge in [0.05, 0.1) is 6.10 Å². The van der Waals surface area contributed by atoms with Crippen LogP contribution < -0.4 is 5.73 Å². The molecule has 1 heterocycles. The minimum Gasteiger partial charge on any atom is -0.365 e. The second kappa shape index (κ2) is 5.72. The van der Waals surface area contributed by atoms with Crippen molar-refractivity contribution in [3.63, 3.8) is 0 Å². The third kappa shape index (κ3) is 3.14. The van der Waals surface area contributed by atoms with Crippen LogP contribution in [0.4, 0.5) is 0 Å². The summed E-state index contributed by atoms with van der Waals surface area (Å²) in [5.74, 6) is 0.0438. The number of nitrogens with two attached hydrogens (primary N) is 1. The number of benzene rings is 1. The molecule has 1 amide bonds. The second-order valence-corrected chi connectivity index (χ2v) is 5.31. The minimum atomic E-state index is -0.0375. The van der Waals surface area contributed by atoms with Gasteiger partial charge in [-0.2, -0.15) is 0 Å². The van der Waals surface area contributed by atoms with Crippen LogP contribution in [-0.2, 0) is 16.1 Å². The van der Waals surface area contributed by atoms with E-state index in [-0.39, 0.29) is 18.6 Å². The highest BCUT2D eigenvalue weighted by Gasteiger charge is 2.25. The monoisotopic (exact) mass is 262 g/mol. The molecule has 104 valence electrons. The van der Waals surface area contributed by atoms with Crippen LogP contribution in [0.3, 0.4) is 0 Å². The van der Waals surface area contributed by atoms with Crippen molar-refractivity contribution in [1.82, 2.24) is 4.90 Å². The van der Waals surface area contributed by atoms with E-state index in [1.54, 1.807) is 0 Å². The molecule has 1 fully saturated rings. The molecule has 2 N–H and O–H groups in total. The minimum absolute atomic E-state index is 0.0375. The van der Waals surface area contributed by atoms with Gasteiger partial charge in [-0.15, -0.1) is 0 Å². The van der Waals surface area contributed by atoms with Gasteiger partial charge in [0.2, 0.25) is 5.91 Å². The van der Waals surface area contributed by atoms with Crippen LogP contribution in [0.15, 0.2) is 12.1 Å². The fourth-order valence-corrected chi connectivity index (χ4v) is 2.37. The summed E-state index contributed by atoms with van der Waals surface area (Å²) in [6.07, 6.45) is -0.0375. The van der Waals surface area contributed by atoms with Gasteiger partial charge >= 0.3 is 0 Å². The molecular weight excluding hydrogens is 240 g/mol. The molecule has 0 saturated carbocycles. The van der Waals surface area contributed by atoms with Gasteiger partial charge in [0.15, 0.2) is 0 Å². The molecule has 1 aliphatic rings. The Labute approximate surface area is 114 Å². The number of morpholine rings is 1. The van der Waals surface area contributed by atoms with E-state index in [0.717, 1.165) is 0 Å². The fourth-order valence-electron chi connectivity index (χ4n) is 2.37. The molecule has 2 rings (SSSR count). The Hall–Kier alpha value is -1.39. The topological polar surface area (TPSA) is 55.6 Å². The molecule has 1 unspecified atom stereocenters. The van der Waals surface area contributed by atoms with Crippen molar-refractivity contribution >= 4 is 5.91 Å². The summed E-state index contributed by atoms with van der Waals surface area (Å²) in [5.41, 5.74) is 10.6. The number of hydrogen-bond donors (Lipinski definition) is 1. The Balaban J connectivity index is 2.15. The van der Waals surface area contributed by atoms with Gasteiger partial charge in [-0.05, 0) is 43.0 Å². The Bertz CT molecular complexity index is 485. The van der Waals surface area contributed by atoms with E-state index < -0.39 is 0 Å². The summed E-state index contributed by atoms with van der Waals surface area (Å²) in [5, 5.41) is 0. The third-order valence-electron chi connectivity index (χ3n) is 3.80. The summed E-state index contributed by atoms with van der Waals surface area (Å²) >= 11 is 0. The van der Waals surface area contributed by atoms with Crippen molar-refractivity contribution in [3.05, 3.63) is 34.4 Å². The first kappa shape index (κ1) is 14.0. The van der Waals surface area contributed by atoms with Crippen LogP contribution >= 0.6 is 0 Å². The number of amides is 1. The number of ether oxygens (including phenoxy) is 1. The van der Waals surface area contributed by atoms with Crippen molar-refractivity contribution in [1.29, 1.82) is 0 Å². The van der Waals surface area contributed by atoms with E-state index in [1.807, 2.05) is 4.90 Å². The highest BCUT2D eigenvalue weighted by atomic mass is 16.5. The van der Waals surface area contributed by atoms with E-state index in [1.165, 1.54) is 22.3 Å². The quantitative estimate of drug-likeness (QED) is 0.893. The molecule has 1 saturated heterocycles. The Morgan fingerprint density at radius 1 is 1.26 bits per heavy atom. The highest BCUT2D eigenvalue weighted by molar-refractivity contribution is 5.78. The first-order chi connectivity index (χ1) is 9.01. The fraction of sp³-hybridized carbons (Fsp3) is 0.533. The van der Waals surface area contributed by atoms with Crippen LogP contribution in [0.25, 0.3) is 0 Å². The second-order valence-electron chi connectivity index (χ2n) is 5.31. The van der Waals surface area contributed by atoms with Crippen molar-refractivity contribution in [2.24, 2.45) is 5.73 Å². The van der Waals surface area contributed by atoms with E-state index in [0.29, 0.717) is 19.6 Å². The van der Waals surface area contributed by atoms with Crippen molar-refractivity contribution in [2.45, 2.75) is 33.4 Å². The van der Waals surface area contributed by atoms with E-state index in [9.17, 15) is 4.79 Å². The summed E-state index contributed by atoms with van der Waals surface area (Å²) in [7, 11) is 0.